The summed E-state index contributed by atoms with van der Waals surface area (Å²) in [6, 6.07) is 8.88. The number of hydrogen-bond acceptors (Lipinski definition) is 5. The molecule has 1 aliphatic rings. The second-order valence-electron chi connectivity index (χ2n) is 5.37. The van der Waals surface area contributed by atoms with E-state index in [1.54, 1.807) is 24.3 Å². The van der Waals surface area contributed by atoms with Crippen molar-refractivity contribution in [1.29, 1.82) is 0 Å². The van der Waals surface area contributed by atoms with Crippen molar-refractivity contribution in [3.63, 3.8) is 0 Å². The fourth-order valence-electron chi connectivity index (χ4n) is 2.49. The number of benzene rings is 1. The first-order valence-electron chi connectivity index (χ1n) is 7.12. The Labute approximate surface area is 124 Å². The summed E-state index contributed by atoms with van der Waals surface area (Å²) in [5.41, 5.74) is 6.24. The van der Waals surface area contributed by atoms with Crippen LogP contribution in [-0.4, -0.2) is 67.4 Å². The van der Waals surface area contributed by atoms with Crippen molar-refractivity contribution < 1.29 is 9.59 Å². The van der Waals surface area contributed by atoms with Crippen LogP contribution in [0.15, 0.2) is 30.3 Å². The number of rotatable bonds is 4. The Hall–Kier alpha value is -1.76. The molecule has 1 aliphatic heterocycles. The number of nitrogens with zero attached hydrogens (tertiary/aromatic N) is 2. The van der Waals surface area contributed by atoms with E-state index in [1.807, 2.05) is 18.0 Å². The molecule has 0 saturated carbocycles. The van der Waals surface area contributed by atoms with E-state index < -0.39 is 0 Å². The number of likely N-dealkylation sites (N-methyl/N-ethyl adjacent to an activating group) is 1. The van der Waals surface area contributed by atoms with Crippen molar-refractivity contribution in [3.8, 4) is 0 Å². The van der Waals surface area contributed by atoms with Crippen LogP contribution in [0.4, 0.5) is 0 Å². The number of nitrogens with two attached hydrogens (primary N) is 1. The molecule has 1 aromatic rings. The number of carbonyl (C=O) groups excluding carboxylic acids is 2. The topological polar surface area (TPSA) is 78.7 Å². The summed E-state index contributed by atoms with van der Waals surface area (Å²) in [6.07, 6.45) is 0. The third kappa shape index (κ3) is 4.35. The summed E-state index contributed by atoms with van der Waals surface area (Å²) in [7, 11) is 2.04. The van der Waals surface area contributed by atoms with Gasteiger partial charge in [-0.25, -0.2) is 0 Å². The monoisotopic (exact) mass is 290 g/mol. The van der Waals surface area contributed by atoms with Crippen LogP contribution in [0.2, 0.25) is 0 Å². The van der Waals surface area contributed by atoms with Gasteiger partial charge in [-0.2, -0.15) is 0 Å². The van der Waals surface area contributed by atoms with E-state index in [0.717, 1.165) is 19.6 Å². The molecule has 114 valence electrons. The highest BCUT2D eigenvalue weighted by atomic mass is 16.2. The Bertz CT molecular complexity index is 492. The summed E-state index contributed by atoms with van der Waals surface area (Å²) in [4.78, 5) is 28.2. The Morgan fingerprint density at radius 3 is 2.67 bits per heavy atom. The molecule has 2 rings (SSSR count). The predicted octanol–water partition coefficient (Wildman–Crippen LogP) is -0.482. The van der Waals surface area contributed by atoms with E-state index in [2.05, 4.69) is 10.2 Å². The molecule has 1 aromatic carbocycles. The molecule has 21 heavy (non-hydrogen) atoms. The lowest BCUT2D eigenvalue weighted by Crippen LogP contribution is -2.57. The van der Waals surface area contributed by atoms with E-state index in [1.165, 1.54) is 0 Å². The molecule has 6 nitrogen and oxygen atoms in total. The van der Waals surface area contributed by atoms with Crippen LogP contribution < -0.4 is 11.1 Å². The molecule has 3 N–H and O–H groups in total. The van der Waals surface area contributed by atoms with Gasteiger partial charge in [0.2, 0.25) is 5.91 Å². The molecule has 6 heteroatoms. The average molecular weight is 290 g/mol. The van der Waals surface area contributed by atoms with Crippen molar-refractivity contribution in [2.75, 3.05) is 39.8 Å². The maximum Gasteiger partial charge on any atom is 0.257 e. The van der Waals surface area contributed by atoms with E-state index in [4.69, 9.17) is 5.73 Å². The van der Waals surface area contributed by atoms with Crippen molar-refractivity contribution in [3.05, 3.63) is 35.9 Å². The standard InChI is InChI=1S/C15H22N4O2/c1-18-7-8-19(13(9-16)10-18)11-14(20)17-15(21)12-5-3-2-4-6-12/h2-6,13H,7-11,16H2,1H3,(H,17,20,21). The molecule has 0 radical (unpaired) electrons. The normalized spacial score (nSPS) is 20.2. The van der Waals surface area contributed by atoms with Crippen LogP contribution in [-0.2, 0) is 4.79 Å². The third-order valence-corrected chi connectivity index (χ3v) is 3.72. The van der Waals surface area contributed by atoms with E-state index >= 15 is 0 Å². The first-order valence-corrected chi connectivity index (χ1v) is 7.12. The zero-order chi connectivity index (χ0) is 15.2. The van der Waals surface area contributed by atoms with Crippen LogP contribution in [0.3, 0.4) is 0 Å². The molecule has 1 unspecified atom stereocenters. The second-order valence-corrected chi connectivity index (χ2v) is 5.37. The number of carbonyl (C=O) groups is 2. The van der Waals surface area contributed by atoms with Crippen LogP contribution in [0.1, 0.15) is 10.4 Å². The van der Waals surface area contributed by atoms with E-state index in [9.17, 15) is 9.59 Å². The summed E-state index contributed by atoms with van der Waals surface area (Å²) < 4.78 is 0. The maximum atomic E-state index is 12.0. The van der Waals surface area contributed by atoms with Gasteiger partial charge in [-0.05, 0) is 19.2 Å². The third-order valence-electron chi connectivity index (χ3n) is 3.72. The molecule has 0 aliphatic carbocycles. The van der Waals surface area contributed by atoms with Gasteiger partial charge in [0.1, 0.15) is 0 Å². The predicted molar refractivity (Wildman–Crippen MR) is 80.8 cm³/mol. The van der Waals surface area contributed by atoms with Gasteiger partial charge in [0.25, 0.3) is 5.91 Å². The quantitative estimate of drug-likeness (QED) is 0.783. The lowest BCUT2D eigenvalue weighted by Gasteiger charge is -2.38. The Balaban J connectivity index is 1.88. The van der Waals surface area contributed by atoms with Crippen LogP contribution >= 0.6 is 0 Å². The van der Waals surface area contributed by atoms with Crippen molar-refractivity contribution in [1.82, 2.24) is 15.1 Å². The molecular weight excluding hydrogens is 268 g/mol. The Morgan fingerprint density at radius 2 is 2.00 bits per heavy atom. The number of hydrogen-bond donors (Lipinski definition) is 2. The minimum atomic E-state index is -0.362. The SMILES string of the molecule is CN1CCN(CC(=O)NC(=O)c2ccccc2)C(CN)C1. The van der Waals surface area contributed by atoms with Crippen molar-refractivity contribution in [2.24, 2.45) is 5.73 Å². The number of amides is 2. The lowest BCUT2D eigenvalue weighted by molar-refractivity contribution is -0.122. The zero-order valence-electron chi connectivity index (χ0n) is 12.3. The molecule has 0 aromatic heterocycles. The van der Waals surface area contributed by atoms with Gasteiger partial charge >= 0.3 is 0 Å². The molecule has 0 spiro atoms. The summed E-state index contributed by atoms with van der Waals surface area (Å²) >= 11 is 0. The second kappa shape index (κ2) is 7.31. The summed E-state index contributed by atoms with van der Waals surface area (Å²) in [5.74, 6) is -0.647. The minimum Gasteiger partial charge on any atom is -0.329 e. The fraction of sp³-hybridized carbons (Fsp3) is 0.467. The first-order chi connectivity index (χ1) is 10.1. The van der Waals surface area contributed by atoms with Crippen molar-refractivity contribution >= 4 is 11.8 Å². The largest absolute Gasteiger partial charge is 0.329 e. The van der Waals surface area contributed by atoms with Gasteiger partial charge in [0.15, 0.2) is 0 Å². The number of imide groups is 1. The molecule has 1 fully saturated rings. The van der Waals surface area contributed by atoms with E-state index in [0.29, 0.717) is 12.1 Å². The Morgan fingerprint density at radius 1 is 1.29 bits per heavy atom. The smallest absolute Gasteiger partial charge is 0.257 e. The highest BCUT2D eigenvalue weighted by Crippen LogP contribution is 2.07. The molecule has 1 saturated heterocycles. The maximum absolute atomic E-state index is 12.0. The summed E-state index contributed by atoms with van der Waals surface area (Å²) in [6.45, 7) is 3.23. The van der Waals surface area contributed by atoms with Crippen LogP contribution in [0, 0.1) is 0 Å². The fourth-order valence-corrected chi connectivity index (χ4v) is 2.49. The lowest BCUT2D eigenvalue weighted by atomic mass is 10.1. The van der Waals surface area contributed by atoms with Gasteiger partial charge in [0, 0.05) is 37.8 Å². The first kappa shape index (κ1) is 15.6. The van der Waals surface area contributed by atoms with Crippen molar-refractivity contribution in [2.45, 2.75) is 6.04 Å². The van der Waals surface area contributed by atoms with Gasteiger partial charge in [-0.15, -0.1) is 0 Å². The zero-order valence-corrected chi connectivity index (χ0v) is 12.3. The molecular formula is C15H22N4O2. The van der Waals surface area contributed by atoms with Gasteiger partial charge in [-0.1, -0.05) is 18.2 Å². The van der Waals surface area contributed by atoms with Crippen LogP contribution in [0.5, 0.6) is 0 Å². The molecule has 0 bridgehead atoms. The number of piperazine rings is 1. The molecule has 1 heterocycles. The highest BCUT2D eigenvalue weighted by molar-refractivity contribution is 6.05. The number of nitrogens with one attached hydrogen (secondary N) is 1. The average Bonchev–Trinajstić information content (AvgIpc) is 2.49. The highest BCUT2D eigenvalue weighted by Gasteiger charge is 2.26. The van der Waals surface area contributed by atoms with E-state index in [-0.39, 0.29) is 24.4 Å². The Kier molecular flexibility index (Phi) is 5.44. The van der Waals surface area contributed by atoms with Gasteiger partial charge in [-0.3, -0.25) is 19.8 Å². The summed E-state index contributed by atoms with van der Waals surface area (Å²) in [5, 5.41) is 2.43. The molecule has 1 atom stereocenters. The van der Waals surface area contributed by atoms with Gasteiger partial charge < -0.3 is 10.6 Å². The van der Waals surface area contributed by atoms with Gasteiger partial charge in [0.05, 0.1) is 6.54 Å². The molecule has 2 amide bonds. The minimum absolute atomic E-state index is 0.154. The van der Waals surface area contributed by atoms with Crippen LogP contribution in [0.25, 0.3) is 0 Å².